The highest BCUT2D eigenvalue weighted by Gasteiger charge is 2.29. The van der Waals surface area contributed by atoms with Crippen LogP contribution in [0, 0.1) is 5.92 Å². The molecule has 2 amide bonds. The molecule has 1 heterocycles. The van der Waals surface area contributed by atoms with E-state index in [1.807, 2.05) is 42.2 Å². The summed E-state index contributed by atoms with van der Waals surface area (Å²) >= 11 is 6.28. The molecule has 0 radical (unpaired) electrons. The van der Waals surface area contributed by atoms with Gasteiger partial charge in [-0.1, -0.05) is 62.9 Å². The van der Waals surface area contributed by atoms with Gasteiger partial charge < -0.3 is 10.2 Å². The standard InChI is InChI=1S/C27H33ClN4O2/c1-18(2)17-31(27(34)29-21-11-5-4-6-12-21)19(3)25-30-24-15-8-7-14-23(24)26(33)32(25)22-13-9-10-20(28)16-22/h7-10,13-16,18-19,21H,4-6,11-12,17H2,1-3H3,(H,29,34). The Labute approximate surface area is 205 Å². The molecule has 34 heavy (non-hydrogen) atoms. The van der Waals surface area contributed by atoms with E-state index in [9.17, 15) is 9.59 Å². The van der Waals surface area contributed by atoms with Crippen LogP contribution >= 0.6 is 11.6 Å². The normalized spacial score (nSPS) is 15.4. The summed E-state index contributed by atoms with van der Waals surface area (Å²) in [6.45, 7) is 6.68. The van der Waals surface area contributed by atoms with Crippen LogP contribution < -0.4 is 10.9 Å². The first-order chi connectivity index (χ1) is 16.3. The molecule has 1 aromatic heterocycles. The minimum absolute atomic E-state index is 0.104. The fourth-order valence-corrected chi connectivity index (χ4v) is 4.93. The van der Waals surface area contributed by atoms with Gasteiger partial charge in [-0.05, 0) is 56.0 Å². The number of carbonyl (C=O) groups is 1. The van der Waals surface area contributed by atoms with Gasteiger partial charge >= 0.3 is 6.03 Å². The van der Waals surface area contributed by atoms with Gasteiger partial charge in [0, 0.05) is 17.6 Å². The van der Waals surface area contributed by atoms with Gasteiger partial charge in [-0.25, -0.2) is 9.78 Å². The Bertz CT molecular complexity index is 1220. The van der Waals surface area contributed by atoms with E-state index in [4.69, 9.17) is 16.6 Å². The number of amides is 2. The van der Waals surface area contributed by atoms with Crippen LogP contribution in [0.1, 0.15) is 64.7 Å². The number of nitrogens with zero attached hydrogens (tertiary/aromatic N) is 3. The monoisotopic (exact) mass is 480 g/mol. The molecule has 2 aromatic carbocycles. The van der Waals surface area contributed by atoms with E-state index in [1.165, 1.54) is 6.42 Å². The fourth-order valence-electron chi connectivity index (χ4n) is 4.75. The zero-order chi connectivity index (χ0) is 24.2. The van der Waals surface area contributed by atoms with Gasteiger partial charge in [0.1, 0.15) is 5.82 Å². The van der Waals surface area contributed by atoms with Crippen LogP contribution in [0.3, 0.4) is 0 Å². The lowest BCUT2D eigenvalue weighted by molar-refractivity contribution is 0.160. The molecule has 0 aliphatic heterocycles. The minimum atomic E-state index is -0.428. The average Bonchev–Trinajstić information content (AvgIpc) is 2.82. The lowest BCUT2D eigenvalue weighted by Gasteiger charge is -2.34. The topological polar surface area (TPSA) is 67.2 Å². The Morgan fingerprint density at radius 3 is 2.56 bits per heavy atom. The number of para-hydroxylation sites is 1. The molecule has 1 saturated carbocycles. The first-order valence-corrected chi connectivity index (χ1v) is 12.6. The molecule has 1 N–H and O–H groups in total. The number of hydrogen-bond acceptors (Lipinski definition) is 3. The highest BCUT2D eigenvalue weighted by molar-refractivity contribution is 6.30. The zero-order valence-electron chi connectivity index (χ0n) is 20.1. The highest BCUT2D eigenvalue weighted by atomic mass is 35.5. The van der Waals surface area contributed by atoms with Crippen LogP contribution in [0.2, 0.25) is 5.02 Å². The van der Waals surface area contributed by atoms with E-state index in [-0.39, 0.29) is 23.6 Å². The molecule has 0 spiro atoms. The van der Waals surface area contributed by atoms with Crippen molar-refractivity contribution in [1.82, 2.24) is 19.8 Å². The summed E-state index contributed by atoms with van der Waals surface area (Å²) in [4.78, 5) is 33.9. The lowest BCUT2D eigenvalue weighted by atomic mass is 9.96. The second-order valence-corrected chi connectivity index (χ2v) is 10.1. The molecular formula is C27H33ClN4O2. The number of rotatable bonds is 6. The summed E-state index contributed by atoms with van der Waals surface area (Å²) in [6, 6.07) is 14.2. The van der Waals surface area contributed by atoms with Crippen LogP contribution in [0.4, 0.5) is 4.79 Å². The van der Waals surface area contributed by atoms with E-state index >= 15 is 0 Å². The quantitative estimate of drug-likeness (QED) is 0.463. The van der Waals surface area contributed by atoms with Gasteiger partial charge in [-0.15, -0.1) is 0 Å². The van der Waals surface area contributed by atoms with Gasteiger partial charge in [0.2, 0.25) is 0 Å². The lowest BCUT2D eigenvalue weighted by Crippen LogP contribution is -2.48. The number of hydrogen-bond donors (Lipinski definition) is 1. The first kappa shape index (κ1) is 24.3. The summed E-state index contributed by atoms with van der Waals surface area (Å²) in [7, 11) is 0. The Hall–Kier alpha value is -2.86. The van der Waals surface area contributed by atoms with Crippen molar-refractivity contribution < 1.29 is 4.79 Å². The Morgan fingerprint density at radius 1 is 1.12 bits per heavy atom. The second-order valence-electron chi connectivity index (χ2n) is 9.61. The molecule has 1 aliphatic rings. The number of halogens is 1. The molecule has 1 aliphatic carbocycles. The predicted octanol–water partition coefficient (Wildman–Crippen LogP) is 6.10. The summed E-state index contributed by atoms with van der Waals surface area (Å²) < 4.78 is 1.60. The summed E-state index contributed by atoms with van der Waals surface area (Å²) in [5, 5.41) is 4.31. The first-order valence-electron chi connectivity index (χ1n) is 12.2. The third kappa shape index (κ3) is 5.27. The minimum Gasteiger partial charge on any atom is -0.335 e. The van der Waals surface area contributed by atoms with E-state index in [1.54, 1.807) is 22.8 Å². The van der Waals surface area contributed by atoms with Gasteiger partial charge in [-0.2, -0.15) is 0 Å². The maximum atomic E-state index is 13.7. The third-order valence-electron chi connectivity index (χ3n) is 6.46. The van der Waals surface area contributed by atoms with Crippen molar-refractivity contribution in [3.63, 3.8) is 0 Å². The zero-order valence-corrected chi connectivity index (χ0v) is 20.9. The van der Waals surface area contributed by atoms with Crippen LogP contribution in [-0.2, 0) is 0 Å². The number of benzene rings is 2. The van der Waals surface area contributed by atoms with Gasteiger partial charge in [0.25, 0.3) is 5.56 Å². The van der Waals surface area contributed by atoms with Crippen molar-refractivity contribution in [2.45, 2.75) is 65.0 Å². The summed E-state index contributed by atoms with van der Waals surface area (Å²) in [6.07, 6.45) is 5.54. The van der Waals surface area contributed by atoms with E-state index < -0.39 is 6.04 Å². The van der Waals surface area contributed by atoms with Crippen molar-refractivity contribution >= 4 is 28.5 Å². The second kappa shape index (κ2) is 10.6. The summed E-state index contributed by atoms with van der Waals surface area (Å²) in [5.41, 5.74) is 1.08. The third-order valence-corrected chi connectivity index (χ3v) is 6.70. The fraction of sp³-hybridized carbons (Fsp3) is 0.444. The molecular weight excluding hydrogens is 448 g/mol. The van der Waals surface area contributed by atoms with Crippen LogP contribution in [-0.4, -0.2) is 33.1 Å². The molecule has 3 aromatic rings. The van der Waals surface area contributed by atoms with Crippen LogP contribution in [0.25, 0.3) is 16.6 Å². The summed E-state index contributed by atoms with van der Waals surface area (Å²) in [5.74, 6) is 0.775. The molecule has 6 nitrogen and oxygen atoms in total. The highest BCUT2D eigenvalue weighted by Crippen LogP contribution is 2.26. The molecule has 1 atom stereocenters. The van der Waals surface area contributed by atoms with Crippen molar-refractivity contribution in [3.05, 3.63) is 69.7 Å². The SMILES string of the molecule is CC(C)CN(C(=O)NC1CCCCC1)C(C)c1nc2ccccc2c(=O)n1-c1cccc(Cl)c1. The molecule has 1 fully saturated rings. The van der Waals surface area contributed by atoms with Crippen LogP contribution in [0.15, 0.2) is 53.3 Å². The van der Waals surface area contributed by atoms with E-state index in [0.717, 1.165) is 25.7 Å². The molecule has 0 bridgehead atoms. The smallest absolute Gasteiger partial charge is 0.318 e. The predicted molar refractivity (Wildman–Crippen MR) is 138 cm³/mol. The Balaban J connectivity index is 1.81. The van der Waals surface area contributed by atoms with Gasteiger partial charge in [0.05, 0.1) is 22.6 Å². The maximum Gasteiger partial charge on any atom is 0.318 e. The number of urea groups is 1. The number of carbonyl (C=O) groups excluding carboxylic acids is 1. The van der Waals surface area contributed by atoms with Crippen molar-refractivity contribution in [1.29, 1.82) is 0 Å². The van der Waals surface area contributed by atoms with Gasteiger partial charge in [-0.3, -0.25) is 9.36 Å². The number of nitrogens with one attached hydrogen (secondary N) is 1. The molecule has 0 saturated heterocycles. The van der Waals surface area contributed by atoms with Crippen LogP contribution in [0.5, 0.6) is 0 Å². The number of aromatic nitrogens is 2. The molecule has 180 valence electrons. The Morgan fingerprint density at radius 2 is 1.85 bits per heavy atom. The molecule has 4 rings (SSSR count). The number of fused-ring (bicyclic) bond motifs is 1. The van der Waals surface area contributed by atoms with E-state index in [0.29, 0.717) is 34.0 Å². The van der Waals surface area contributed by atoms with Crippen molar-refractivity contribution in [3.8, 4) is 5.69 Å². The van der Waals surface area contributed by atoms with Crippen molar-refractivity contribution in [2.75, 3.05) is 6.54 Å². The Kier molecular flexibility index (Phi) is 7.57. The van der Waals surface area contributed by atoms with Gasteiger partial charge in [0.15, 0.2) is 0 Å². The average molecular weight is 481 g/mol. The van der Waals surface area contributed by atoms with Crippen molar-refractivity contribution in [2.24, 2.45) is 5.92 Å². The van der Waals surface area contributed by atoms with E-state index in [2.05, 4.69) is 19.2 Å². The molecule has 1 unspecified atom stereocenters. The largest absolute Gasteiger partial charge is 0.335 e. The maximum absolute atomic E-state index is 13.7. The molecule has 7 heteroatoms.